The molecule has 0 radical (unpaired) electrons. The summed E-state index contributed by atoms with van der Waals surface area (Å²) in [5, 5.41) is 3.58. The molecule has 0 spiro atoms. The lowest BCUT2D eigenvalue weighted by atomic mass is 10.3. The summed E-state index contributed by atoms with van der Waals surface area (Å²) in [6.45, 7) is 4.43. The van der Waals surface area contributed by atoms with E-state index in [0.717, 1.165) is 37.5 Å². The monoisotopic (exact) mass is 257 g/mol. The lowest BCUT2D eigenvalue weighted by Gasteiger charge is -2.08. The first-order valence-electron chi connectivity index (χ1n) is 7.56. The topological polar surface area (TPSA) is 29.9 Å². The standard InChI is InChI=1S/C16H23N3/c1-2-12-19-15-7-4-3-6-14(15)18-16(19)8-5-11-17-13-9-10-13/h3-4,6-7,13,17H,2,5,8-12H2,1H3. The van der Waals surface area contributed by atoms with Crippen molar-refractivity contribution in [2.75, 3.05) is 6.54 Å². The molecule has 0 saturated heterocycles. The third-order valence-electron chi connectivity index (χ3n) is 3.77. The van der Waals surface area contributed by atoms with E-state index in [0.29, 0.717) is 0 Å². The molecule has 0 atom stereocenters. The Balaban J connectivity index is 1.70. The minimum Gasteiger partial charge on any atom is -0.328 e. The van der Waals surface area contributed by atoms with Gasteiger partial charge >= 0.3 is 0 Å². The molecule has 1 aliphatic rings. The van der Waals surface area contributed by atoms with Gasteiger partial charge in [0.05, 0.1) is 11.0 Å². The van der Waals surface area contributed by atoms with Gasteiger partial charge in [-0.05, 0) is 44.4 Å². The third kappa shape index (κ3) is 2.98. The van der Waals surface area contributed by atoms with E-state index in [2.05, 4.69) is 41.1 Å². The minimum atomic E-state index is 0.814. The summed E-state index contributed by atoms with van der Waals surface area (Å²) in [5.74, 6) is 1.25. The zero-order valence-corrected chi connectivity index (χ0v) is 11.7. The van der Waals surface area contributed by atoms with Crippen LogP contribution < -0.4 is 5.32 Å². The fraction of sp³-hybridized carbons (Fsp3) is 0.562. The Morgan fingerprint density at radius 1 is 1.32 bits per heavy atom. The van der Waals surface area contributed by atoms with Gasteiger partial charge in [-0.2, -0.15) is 0 Å². The van der Waals surface area contributed by atoms with E-state index >= 15 is 0 Å². The average molecular weight is 257 g/mol. The molecular weight excluding hydrogens is 234 g/mol. The summed E-state index contributed by atoms with van der Waals surface area (Å²) in [6, 6.07) is 9.30. The van der Waals surface area contributed by atoms with E-state index in [9.17, 15) is 0 Å². The molecule has 1 aromatic heterocycles. The molecule has 1 fully saturated rings. The number of rotatable bonds is 7. The molecular formula is C16H23N3. The second kappa shape index (κ2) is 5.74. The molecule has 0 bridgehead atoms. The first-order valence-corrected chi connectivity index (χ1v) is 7.56. The summed E-state index contributed by atoms with van der Waals surface area (Å²) in [6.07, 6.45) is 6.16. The highest BCUT2D eigenvalue weighted by Crippen LogP contribution is 2.19. The van der Waals surface area contributed by atoms with Crippen LogP contribution >= 0.6 is 0 Å². The number of aromatic nitrogens is 2. The second-order valence-corrected chi connectivity index (χ2v) is 5.50. The molecule has 19 heavy (non-hydrogen) atoms. The van der Waals surface area contributed by atoms with Gasteiger partial charge in [0.25, 0.3) is 0 Å². The van der Waals surface area contributed by atoms with Crippen molar-refractivity contribution in [3.63, 3.8) is 0 Å². The number of imidazole rings is 1. The number of nitrogens with zero attached hydrogens (tertiary/aromatic N) is 2. The van der Waals surface area contributed by atoms with Gasteiger partial charge in [-0.3, -0.25) is 0 Å². The molecule has 3 heteroatoms. The summed E-state index contributed by atoms with van der Waals surface area (Å²) in [4.78, 5) is 4.80. The molecule has 1 saturated carbocycles. The Hall–Kier alpha value is -1.35. The lowest BCUT2D eigenvalue weighted by molar-refractivity contribution is 0.603. The molecule has 2 aromatic rings. The first kappa shape index (κ1) is 12.7. The Labute approximate surface area is 115 Å². The van der Waals surface area contributed by atoms with Crippen LogP contribution in [0.1, 0.15) is 38.4 Å². The highest BCUT2D eigenvalue weighted by Gasteiger charge is 2.19. The quantitative estimate of drug-likeness (QED) is 0.772. The zero-order chi connectivity index (χ0) is 13.1. The van der Waals surface area contributed by atoms with Crippen LogP contribution in [0.25, 0.3) is 11.0 Å². The maximum Gasteiger partial charge on any atom is 0.109 e. The summed E-state index contributed by atoms with van der Waals surface area (Å²) in [5.41, 5.74) is 2.43. The van der Waals surface area contributed by atoms with Gasteiger partial charge in [-0.25, -0.2) is 4.98 Å². The smallest absolute Gasteiger partial charge is 0.109 e. The molecule has 1 N–H and O–H groups in total. The van der Waals surface area contributed by atoms with Crippen LogP contribution in [0, 0.1) is 0 Å². The lowest BCUT2D eigenvalue weighted by Crippen LogP contribution is -2.18. The first-order chi connectivity index (χ1) is 9.38. The molecule has 0 unspecified atom stereocenters. The van der Waals surface area contributed by atoms with Crippen LogP contribution in [0.4, 0.5) is 0 Å². The van der Waals surface area contributed by atoms with Crippen LogP contribution in [-0.4, -0.2) is 22.1 Å². The summed E-state index contributed by atoms with van der Waals surface area (Å²) in [7, 11) is 0. The van der Waals surface area contributed by atoms with Crippen molar-refractivity contribution >= 4 is 11.0 Å². The van der Waals surface area contributed by atoms with Gasteiger partial charge in [-0.15, -0.1) is 0 Å². The van der Waals surface area contributed by atoms with E-state index in [1.165, 1.54) is 30.6 Å². The van der Waals surface area contributed by atoms with Crippen molar-refractivity contribution in [3.8, 4) is 0 Å². The van der Waals surface area contributed by atoms with Crippen LogP contribution in [0.5, 0.6) is 0 Å². The molecule has 1 aliphatic carbocycles. The van der Waals surface area contributed by atoms with E-state index in [1.54, 1.807) is 0 Å². The average Bonchev–Trinajstić information content (AvgIpc) is 3.19. The van der Waals surface area contributed by atoms with Gasteiger partial charge in [0.15, 0.2) is 0 Å². The molecule has 1 aromatic carbocycles. The normalized spacial score (nSPS) is 15.2. The van der Waals surface area contributed by atoms with Crippen LogP contribution in [-0.2, 0) is 13.0 Å². The molecule has 3 nitrogen and oxygen atoms in total. The van der Waals surface area contributed by atoms with Crippen LogP contribution in [0.2, 0.25) is 0 Å². The van der Waals surface area contributed by atoms with Gasteiger partial charge in [0, 0.05) is 19.0 Å². The van der Waals surface area contributed by atoms with Crippen LogP contribution in [0.15, 0.2) is 24.3 Å². The number of hydrogen-bond acceptors (Lipinski definition) is 2. The number of nitrogens with one attached hydrogen (secondary N) is 1. The zero-order valence-electron chi connectivity index (χ0n) is 11.7. The predicted octanol–water partition coefficient (Wildman–Crippen LogP) is 3.13. The molecule has 3 rings (SSSR count). The fourth-order valence-electron chi connectivity index (χ4n) is 2.63. The molecule has 0 amide bonds. The van der Waals surface area contributed by atoms with Crippen molar-refractivity contribution in [2.45, 2.75) is 51.6 Å². The van der Waals surface area contributed by atoms with Crippen molar-refractivity contribution < 1.29 is 0 Å². The number of aryl methyl sites for hydroxylation is 2. The van der Waals surface area contributed by atoms with Crippen molar-refractivity contribution in [3.05, 3.63) is 30.1 Å². The molecule has 102 valence electrons. The SMILES string of the molecule is CCCn1c(CCCNC2CC2)nc2ccccc21. The fourth-order valence-corrected chi connectivity index (χ4v) is 2.63. The third-order valence-corrected chi connectivity index (χ3v) is 3.77. The van der Waals surface area contributed by atoms with Gasteiger partial charge < -0.3 is 9.88 Å². The van der Waals surface area contributed by atoms with E-state index < -0.39 is 0 Å². The second-order valence-electron chi connectivity index (χ2n) is 5.50. The van der Waals surface area contributed by atoms with Crippen molar-refractivity contribution in [1.82, 2.24) is 14.9 Å². The Morgan fingerprint density at radius 3 is 2.95 bits per heavy atom. The molecule has 1 heterocycles. The van der Waals surface area contributed by atoms with E-state index in [4.69, 9.17) is 4.98 Å². The van der Waals surface area contributed by atoms with E-state index in [1.807, 2.05) is 0 Å². The van der Waals surface area contributed by atoms with Gasteiger partial charge in [-0.1, -0.05) is 19.1 Å². The molecule has 0 aliphatic heterocycles. The highest BCUT2D eigenvalue weighted by atomic mass is 15.1. The highest BCUT2D eigenvalue weighted by molar-refractivity contribution is 5.75. The summed E-state index contributed by atoms with van der Waals surface area (Å²) < 4.78 is 2.40. The van der Waals surface area contributed by atoms with Crippen molar-refractivity contribution in [2.24, 2.45) is 0 Å². The Morgan fingerprint density at radius 2 is 2.16 bits per heavy atom. The Bertz CT molecular complexity index is 540. The maximum absolute atomic E-state index is 4.80. The predicted molar refractivity (Wildman–Crippen MR) is 79.4 cm³/mol. The minimum absolute atomic E-state index is 0.814. The van der Waals surface area contributed by atoms with Gasteiger partial charge in [0.1, 0.15) is 5.82 Å². The maximum atomic E-state index is 4.80. The number of fused-ring (bicyclic) bond motifs is 1. The number of benzene rings is 1. The van der Waals surface area contributed by atoms with Crippen LogP contribution in [0.3, 0.4) is 0 Å². The number of hydrogen-bond donors (Lipinski definition) is 1. The Kier molecular flexibility index (Phi) is 3.83. The van der Waals surface area contributed by atoms with E-state index in [-0.39, 0.29) is 0 Å². The number of para-hydroxylation sites is 2. The van der Waals surface area contributed by atoms with Crippen molar-refractivity contribution in [1.29, 1.82) is 0 Å². The summed E-state index contributed by atoms with van der Waals surface area (Å²) >= 11 is 0. The van der Waals surface area contributed by atoms with Gasteiger partial charge in [0.2, 0.25) is 0 Å². The largest absolute Gasteiger partial charge is 0.328 e.